The van der Waals surface area contributed by atoms with Crippen LogP contribution < -0.4 is 0 Å². The molecule has 0 rings (SSSR count). The van der Waals surface area contributed by atoms with Gasteiger partial charge in [0.15, 0.2) is 0 Å². The van der Waals surface area contributed by atoms with Gasteiger partial charge >= 0.3 is 0 Å². The fraction of sp³-hybridized carbons (Fsp3) is 0.833. The van der Waals surface area contributed by atoms with Crippen molar-refractivity contribution in [2.45, 2.75) is 59.0 Å². The Labute approximate surface area is 82.9 Å². The van der Waals surface area contributed by atoms with E-state index in [0.29, 0.717) is 5.92 Å². The maximum absolute atomic E-state index is 9.44. The highest BCUT2D eigenvalue weighted by Crippen LogP contribution is 2.06. The van der Waals surface area contributed by atoms with Gasteiger partial charge in [-0.3, -0.25) is 0 Å². The highest BCUT2D eigenvalue weighted by atomic mass is 16.3. The minimum Gasteiger partial charge on any atom is -0.389 e. The van der Waals surface area contributed by atoms with Gasteiger partial charge < -0.3 is 5.11 Å². The predicted octanol–water partition coefficient (Wildman–Crippen LogP) is 3.53. The van der Waals surface area contributed by atoms with Crippen LogP contribution >= 0.6 is 0 Å². The second-order valence-electron chi connectivity index (χ2n) is 4.01. The fourth-order valence-corrected chi connectivity index (χ4v) is 1.15. The quantitative estimate of drug-likeness (QED) is 0.474. The van der Waals surface area contributed by atoms with Crippen molar-refractivity contribution in [3.8, 4) is 0 Å². The summed E-state index contributed by atoms with van der Waals surface area (Å²) >= 11 is 0. The van der Waals surface area contributed by atoms with Crippen molar-refractivity contribution < 1.29 is 5.11 Å². The third kappa shape index (κ3) is 8.04. The third-order valence-corrected chi connectivity index (χ3v) is 2.24. The summed E-state index contributed by atoms with van der Waals surface area (Å²) in [6.07, 6.45) is 10.1. The Morgan fingerprint density at radius 2 is 1.85 bits per heavy atom. The van der Waals surface area contributed by atoms with Gasteiger partial charge in [0, 0.05) is 0 Å². The van der Waals surface area contributed by atoms with Gasteiger partial charge in [0.1, 0.15) is 0 Å². The predicted molar refractivity (Wildman–Crippen MR) is 58.7 cm³/mol. The summed E-state index contributed by atoms with van der Waals surface area (Å²) in [7, 11) is 0. The lowest BCUT2D eigenvalue weighted by atomic mass is 10.1. The van der Waals surface area contributed by atoms with Crippen LogP contribution in [0.2, 0.25) is 0 Å². The van der Waals surface area contributed by atoms with Gasteiger partial charge in [-0.1, -0.05) is 52.2 Å². The summed E-state index contributed by atoms with van der Waals surface area (Å²) in [5.74, 6) is 0.340. The highest BCUT2D eigenvalue weighted by Gasteiger charge is 2.02. The molecular weight excluding hydrogens is 160 g/mol. The summed E-state index contributed by atoms with van der Waals surface area (Å²) in [6.45, 7) is 6.29. The van der Waals surface area contributed by atoms with E-state index in [1.165, 1.54) is 25.7 Å². The SMILES string of the molecule is CCCCCCC=CC(O)C(C)C. The molecule has 13 heavy (non-hydrogen) atoms. The van der Waals surface area contributed by atoms with Crippen LogP contribution in [0.1, 0.15) is 52.9 Å². The van der Waals surface area contributed by atoms with E-state index in [9.17, 15) is 5.11 Å². The summed E-state index contributed by atoms with van der Waals surface area (Å²) in [6, 6.07) is 0. The second-order valence-corrected chi connectivity index (χ2v) is 4.01. The minimum atomic E-state index is -0.258. The molecule has 0 heterocycles. The number of aliphatic hydroxyl groups excluding tert-OH is 1. The first kappa shape index (κ1) is 12.7. The molecule has 1 heteroatoms. The average Bonchev–Trinajstić information content (AvgIpc) is 2.10. The van der Waals surface area contributed by atoms with Gasteiger partial charge in [-0.2, -0.15) is 0 Å². The first-order chi connectivity index (χ1) is 6.18. The molecular formula is C12H24O. The molecule has 0 saturated carbocycles. The van der Waals surface area contributed by atoms with E-state index in [0.717, 1.165) is 6.42 Å². The van der Waals surface area contributed by atoms with Crippen molar-refractivity contribution in [2.24, 2.45) is 5.92 Å². The normalized spacial score (nSPS) is 14.2. The monoisotopic (exact) mass is 184 g/mol. The average molecular weight is 184 g/mol. The van der Waals surface area contributed by atoms with Crippen molar-refractivity contribution in [1.82, 2.24) is 0 Å². The molecule has 1 atom stereocenters. The zero-order valence-corrected chi connectivity index (χ0v) is 9.29. The fourth-order valence-electron chi connectivity index (χ4n) is 1.15. The zero-order chi connectivity index (χ0) is 10.1. The molecule has 1 nitrogen and oxygen atoms in total. The van der Waals surface area contributed by atoms with Gasteiger partial charge in [0.2, 0.25) is 0 Å². The van der Waals surface area contributed by atoms with Gasteiger partial charge in [0.25, 0.3) is 0 Å². The first-order valence-corrected chi connectivity index (χ1v) is 5.53. The number of unbranched alkanes of at least 4 members (excludes halogenated alkanes) is 4. The number of hydrogen-bond acceptors (Lipinski definition) is 1. The van der Waals surface area contributed by atoms with Gasteiger partial charge in [0.05, 0.1) is 6.10 Å². The van der Waals surface area contributed by atoms with Gasteiger partial charge in [-0.25, -0.2) is 0 Å². The first-order valence-electron chi connectivity index (χ1n) is 5.53. The van der Waals surface area contributed by atoms with Crippen LogP contribution in [0.3, 0.4) is 0 Å². The second kappa shape index (κ2) is 8.31. The largest absolute Gasteiger partial charge is 0.389 e. The smallest absolute Gasteiger partial charge is 0.0743 e. The summed E-state index contributed by atoms with van der Waals surface area (Å²) < 4.78 is 0. The molecule has 0 fully saturated rings. The zero-order valence-electron chi connectivity index (χ0n) is 9.29. The Morgan fingerprint density at radius 3 is 2.38 bits per heavy atom. The maximum atomic E-state index is 9.44. The van der Waals surface area contributed by atoms with E-state index < -0.39 is 0 Å². The Morgan fingerprint density at radius 1 is 1.15 bits per heavy atom. The molecule has 0 aromatic heterocycles. The van der Waals surface area contributed by atoms with Crippen molar-refractivity contribution in [2.75, 3.05) is 0 Å². The van der Waals surface area contributed by atoms with Crippen LogP contribution in [0.4, 0.5) is 0 Å². The molecule has 0 aliphatic heterocycles. The molecule has 0 bridgehead atoms. The Kier molecular flexibility index (Phi) is 8.11. The molecule has 0 spiro atoms. The number of allylic oxidation sites excluding steroid dienone is 1. The maximum Gasteiger partial charge on any atom is 0.0743 e. The number of hydrogen-bond donors (Lipinski definition) is 1. The highest BCUT2D eigenvalue weighted by molar-refractivity contribution is 4.89. The topological polar surface area (TPSA) is 20.2 Å². The molecule has 78 valence electrons. The van der Waals surface area contributed by atoms with Gasteiger partial charge in [-0.05, 0) is 18.8 Å². The summed E-state index contributed by atoms with van der Waals surface area (Å²) in [5, 5.41) is 9.44. The summed E-state index contributed by atoms with van der Waals surface area (Å²) in [4.78, 5) is 0. The molecule has 0 radical (unpaired) electrons. The Bertz CT molecular complexity index is 127. The van der Waals surface area contributed by atoms with Gasteiger partial charge in [-0.15, -0.1) is 0 Å². The van der Waals surface area contributed by atoms with Crippen LogP contribution in [-0.2, 0) is 0 Å². The standard InChI is InChI=1S/C12H24O/c1-4-5-6-7-8-9-10-12(13)11(2)3/h9-13H,4-8H2,1-3H3. The van der Waals surface area contributed by atoms with Crippen LogP contribution in [-0.4, -0.2) is 11.2 Å². The third-order valence-electron chi connectivity index (χ3n) is 2.24. The van der Waals surface area contributed by atoms with E-state index in [4.69, 9.17) is 0 Å². The Hall–Kier alpha value is -0.300. The summed E-state index contributed by atoms with van der Waals surface area (Å²) in [5.41, 5.74) is 0. The molecule has 1 N–H and O–H groups in total. The van der Waals surface area contributed by atoms with E-state index in [1.807, 2.05) is 19.9 Å². The molecule has 0 aromatic carbocycles. The molecule has 0 aromatic rings. The van der Waals surface area contributed by atoms with Crippen molar-refractivity contribution >= 4 is 0 Å². The van der Waals surface area contributed by atoms with Crippen LogP contribution in [0, 0.1) is 5.92 Å². The van der Waals surface area contributed by atoms with Crippen molar-refractivity contribution in [3.05, 3.63) is 12.2 Å². The molecule has 0 aliphatic carbocycles. The molecule has 0 saturated heterocycles. The van der Waals surface area contributed by atoms with Crippen LogP contribution in [0.15, 0.2) is 12.2 Å². The number of aliphatic hydroxyl groups is 1. The van der Waals surface area contributed by atoms with Crippen LogP contribution in [0.25, 0.3) is 0 Å². The van der Waals surface area contributed by atoms with E-state index >= 15 is 0 Å². The molecule has 0 amide bonds. The lowest BCUT2D eigenvalue weighted by molar-refractivity contribution is 0.172. The van der Waals surface area contributed by atoms with E-state index in [-0.39, 0.29) is 6.10 Å². The lowest BCUT2D eigenvalue weighted by Crippen LogP contribution is -2.10. The van der Waals surface area contributed by atoms with E-state index in [1.54, 1.807) is 0 Å². The number of rotatable bonds is 7. The lowest BCUT2D eigenvalue weighted by Gasteiger charge is -2.08. The van der Waals surface area contributed by atoms with Crippen molar-refractivity contribution in [1.29, 1.82) is 0 Å². The van der Waals surface area contributed by atoms with Crippen molar-refractivity contribution in [3.63, 3.8) is 0 Å². The Balaban J connectivity index is 3.30. The molecule has 1 unspecified atom stereocenters. The van der Waals surface area contributed by atoms with E-state index in [2.05, 4.69) is 13.0 Å². The van der Waals surface area contributed by atoms with Crippen LogP contribution in [0.5, 0.6) is 0 Å². The molecule has 0 aliphatic rings. The minimum absolute atomic E-state index is 0.258.